The van der Waals surface area contributed by atoms with Gasteiger partial charge in [0.15, 0.2) is 0 Å². The molecule has 0 saturated heterocycles. The summed E-state index contributed by atoms with van der Waals surface area (Å²) in [6, 6.07) is 36.4. The van der Waals surface area contributed by atoms with Gasteiger partial charge in [0.05, 0.1) is 67.5 Å². The number of hydrogen-bond acceptors (Lipinski definition) is 6. The second-order valence-corrected chi connectivity index (χ2v) is 17.0. The number of unbranched alkanes of at least 4 members (excludes halogenated alkanes) is 3. The third-order valence-electron chi connectivity index (χ3n) is 8.20. The van der Waals surface area contributed by atoms with E-state index in [9.17, 15) is 9.13 Å². The van der Waals surface area contributed by atoms with E-state index in [1.165, 1.54) is 0 Å². The van der Waals surface area contributed by atoms with Crippen molar-refractivity contribution >= 4 is 15.5 Å². The van der Waals surface area contributed by atoms with Gasteiger partial charge in [-0.3, -0.25) is 0 Å². The molecule has 0 amide bonds. The summed E-state index contributed by atoms with van der Waals surface area (Å²) in [5.41, 5.74) is 0. The van der Waals surface area contributed by atoms with Crippen molar-refractivity contribution < 1.29 is 70.2 Å². The van der Waals surface area contributed by atoms with Crippen LogP contribution in [0.15, 0.2) is 121 Å². The fraction of sp³-hybridized carbons (Fsp3) is 0.368. The lowest BCUT2D eigenvalue weighted by molar-refractivity contribution is -0.890. The molecule has 0 aliphatic rings. The predicted molar refractivity (Wildman–Crippen MR) is 202 cm³/mol. The molecule has 0 aliphatic heterocycles. The van der Waals surface area contributed by atoms with Gasteiger partial charge in [-0.2, -0.15) is 10.2 Å². The summed E-state index contributed by atoms with van der Waals surface area (Å²) in [6.45, 7) is 4.50. The Morgan fingerprint density at radius 2 is 0.673 bits per heavy atom. The average Bonchev–Trinajstić information content (AvgIpc) is 3.07. The lowest BCUT2D eigenvalue weighted by Gasteiger charge is -2.31. The Morgan fingerprint density at radius 1 is 0.423 bits per heavy atom. The smallest absolute Gasteiger partial charge is 0.513 e. The predicted octanol–water partition coefficient (Wildman–Crippen LogP) is 2.42. The molecule has 0 aromatic heterocycles. The van der Waals surface area contributed by atoms with Gasteiger partial charge in [-0.15, -0.1) is 0 Å². The van der Waals surface area contributed by atoms with Crippen molar-refractivity contribution in [3.63, 3.8) is 0 Å². The first-order valence-corrected chi connectivity index (χ1v) is 20.3. The summed E-state index contributed by atoms with van der Waals surface area (Å²) in [4.78, 5) is 0. The molecule has 10 nitrogen and oxygen atoms in total. The van der Waals surface area contributed by atoms with Crippen molar-refractivity contribution in [1.29, 1.82) is 0 Å². The first-order valence-electron chi connectivity index (χ1n) is 17.3. The van der Waals surface area contributed by atoms with Crippen molar-refractivity contribution in [3.8, 4) is 23.0 Å². The molecule has 14 heteroatoms. The molecule has 0 aliphatic carbocycles. The van der Waals surface area contributed by atoms with Crippen LogP contribution in [-0.2, 0) is 9.13 Å². The first kappa shape index (κ1) is 45.5. The van der Waals surface area contributed by atoms with E-state index in [1.54, 1.807) is 48.5 Å². The normalized spacial score (nSPS) is 11.8. The van der Waals surface area contributed by atoms with Crippen molar-refractivity contribution in [2.45, 2.75) is 25.7 Å². The zero-order chi connectivity index (χ0) is 35.8. The van der Waals surface area contributed by atoms with E-state index in [4.69, 9.17) is 18.1 Å². The molecule has 0 fully saturated rings. The number of nitrogens with one attached hydrogen (secondary N) is 2. The number of hydrogen-bond donors (Lipinski definition) is 2. The highest BCUT2D eigenvalue weighted by Crippen LogP contribution is 2.45. The maximum atomic E-state index is 13.7. The summed E-state index contributed by atoms with van der Waals surface area (Å²) in [6.07, 6.45) is 4.45. The standard InChI is InChI=1S/C38H54N4O6P2.2BrH/c1-41(2,33-29-39-49(43,45-35-21-11-7-12-22-35)46-36-23-13-8-14-24-36)31-19-5-6-20-32-42(3,4)34-30-40-50(44,47-37-25-15-9-16-26-37)48-38-27-17-10-18-28-38;;/h7-18,21-28H,5-6,19-20,29-34H2,1-4H3,(H,39,43)(H,40,44);2*1H/q+2;;/p-2. The van der Waals surface area contributed by atoms with Crippen LogP contribution in [0.25, 0.3) is 0 Å². The van der Waals surface area contributed by atoms with Crippen molar-refractivity contribution in [2.75, 3.05) is 67.5 Å². The number of likely N-dealkylation sites (N-methyl/N-ethyl adjacent to an activating group) is 2. The van der Waals surface area contributed by atoms with E-state index in [0.717, 1.165) is 60.8 Å². The first-order chi connectivity index (χ1) is 23.9. The highest BCUT2D eigenvalue weighted by atomic mass is 79.9. The maximum absolute atomic E-state index is 13.7. The third-order valence-corrected chi connectivity index (χ3v) is 11.2. The van der Waals surface area contributed by atoms with Gasteiger partial charge in [0, 0.05) is 0 Å². The van der Waals surface area contributed by atoms with Gasteiger partial charge in [0.25, 0.3) is 0 Å². The van der Waals surface area contributed by atoms with Gasteiger partial charge in [0.1, 0.15) is 23.0 Å². The van der Waals surface area contributed by atoms with E-state index in [-0.39, 0.29) is 34.0 Å². The summed E-state index contributed by atoms with van der Waals surface area (Å²) < 4.78 is 52.4. The molecule has 0 saturated carbocycles. The second-order valence-electron chi connectivity index (χ2n) is 13.6. The van der Waals surface area contributed by atoms with Crippen molar-refractivity contribution in [2.24, 2.45) is 0 Å². The van der Waals surface area contributed by atoms with Crippen LogP contribution < -0.4 is 62.2 Å². The number of benzene rings is 4. The second kappa shape index (κ2) is 22.5. The van der Waals surface area contributed by atoms with Gasteiger partial charge >= 0.3 is 15.5 Å². The molecule has 0 atom stereocenters. The van der Waals surface area contributed by atoms with Crippen LogP contribution in [0.1, 0.15) is 25.7 Å². The summed E-state index contributed by atoms with van der Waals surface area (Å²) in [7, 11) is 1.46. The van der Waals surface area contributed by atoms with Gasteiger partial charge in [-0.05, 0) is 74.2 Å². The minimum atomic E-state index is -3.65. The summed E-state index contributed by atoms with van der Waals surface area (Å²) in [5.74, 6) is 1.95. The fourth-order valence-corrected chi connectivity index (χ4v) is 7.96. The largest absolute Gasteiger partial charge is 1.00 e. The van der Waals surface area contributed by atoms with Gasteiger partial charge in [0.2, 0.25) is 0 Å². The molecule has 4 aromatic rings. The quantitative estimate of drug-likeness (QED) is 0.0668. The molecule has 0 bridgehead atoms. The summed E-state index contributed by atoms with van der Waals surface area (Å²) >= 11 is 0. The van der Waals surface area contributed by atoms with Crippen LogP contribution in [0.4, 0.5) is 0 Å². The van der Waals surface area contributed by atoms with Crippen molar-refractivity contribution in [1.82, 2.24) is 10.2 Å². The van der Waals surface area contributed by atoms with Crippen LogP contribution in [0.2, 0.25) is 0 Å². The Labute approximate surface area is 331 Å². The average molecular weight is 885 g/mol. The zero-order valence-electron chi connectivity index (χ0n) is 30.6. The number of halogens is 2. The van der Waals surface area contributed by atoms with Gasteiger partial charge in [-0.1, -0.05) is 72.8 Å². The summed E-state index contributed by atoms with van der Waals surface area (Å²) in [5, 5.41) is 6.16. The lowest BCUT2D eigenvalue weighted by Crippen LogP contribution is -3.00. The zero-order valence-corrected chi connectivity index (χ0v) is 35.6. The van der Waals surface area contributed by atoms with Crippen molar-refractivity contribution in [3.05, 3.63) is 121 Å². The van der Waals surface area contributed by atoms with Crippen LogP contribution in [0.3, 0.4) is 0 Å². The van der Waals surface area contributed by atoms with E-state index in [1.807, 2.05) is 72.8 Å². The Balaban J connectivity index is 0.00000468. The molecule has 0 unspecified atom stereocenters. The van der Waals surface area contributed by atoms with Crippen LogP contribution in [-0.4, -0.2) is 76.4 Å². The molecule has 0 heterocycles. The number of para-hydroxylation sites is 4. The number of quaternary nitrogens is 2. The minimum Gasteiger partial charge on any atom is -1.00 e. The Morgan fingerprint density at radius 3 is 0.923 bits per heavy atom. The Kier molecular flexibility index (Phi) is 19.7. The fourth-order valence-electron chi connectivity index (χ4n) is 5.28. The highest BCUT2D eigenvalue weighted by Gasteiger charge is 2.31. The molecule has 4 aromatic carbocycles. The molecule has 0 spiro atoms. The lowest BCUT2D eigenvalue weighted by atomic mass is 10.1. The van der Waals surface area contributed by atoms with Gasteiger partial charge < -0.3 is 61.0 Å². The monoisotopic (exact) mass is 882 g/mol. The van der Waals surface area contributed by atoms with Crippen LogP contribution in [0, 0.1) is 0 Å². The van der Waals surface area contributed by atoms with E-state index < -0.39 is 15.5 Å². The molecule has 2 N–H and O–H groups in total. The molecule has 52 heavy (non-hydrogen) atoms. The molecule has 0 radical (unpaired) electrons. The Bertz CT molecular complexity index is 1430. The van der Waals surface area contributed by atoms with Crippen LogP contribution in [0.5, 0.6) is 23.0 Å². The van der Waals surface area contributed by atoms with E-state index >= 15 is 0 Å². The van der Waals surface area contributed by atoms with Crippen LogP contribution >= 0.6 is 15.5 Å². The number of nitrogens with zero attached hydrogens (tertiary/aromatic N) is 2. The number of rotatable bonds is 23. The SMILES string of the molecule is C[N+](C)(CCCCCC[N+](C)(C)CCNP(=O)(Oc1ccccc1)Oc1ccccc1)CCNP(=O)(Oc1ccccc1)Oc1ccccc1.[Br-].[Br-]. The molecular formula is C38H54Br2N4O6P2. The molecular weight excluding hydrogens is 830 g/mol. The van der Waals surface area contributed by atoms with Gasteiger partial charge in [-0.25, -0.2) is 9.13 Å². The third kappa shape index (κ3) is 17.4. The highest BCUT2D eigenvalue weighted by molar-refractivity contribution is 7.52. The van der Waals surface area contributed by atoms with E-state index in [2.05, 4.69) is 38.4 Å². The molecule has 286 valence electrons. The Hall–Kier alpha value is -2.66. The topological polar surface area (TPSA) is 95.1 Å². The minimum absolute atomic E-state index is 0. The maximum Gasteiger partial charge on any atom is 0.513 e. The molecule has 4 rings (SSSR count). The van der Waals surface area contributed by atoms with E-state index in [0.29, 0.717) is 36.1 Å².